The molecule has 2 aromatic rings. The van der Waals surface area contributed by atoms with Crippen molar-refractivity contribution < 1.29 is 63.5 Å². The van der Waals surface area contributed by atoms with Gasteiger partial charge in [-0.1, -0.05) is 38.1 Å². The van der Waals surface area contributed by atoms with Crippen LogP contribution >= 0.6 is 0 Å². The fourth-order valence-corrected chi connectivity index (χ4v) is 3.48. The van der Waals surface area contributed by atoms with E-state index in [1.54, 1.807) is 18.2 Å². The number of hydrogen-bond acceptors (Lipinski definition) is 6. The van der Waals surface area contributed by atoms with E-state index in [2.05, 4.69) is 0 Å². The van der Waals surface area contributed by atoms with Gasteiger partial charge in [-0.2, -0.15) is 0 Å². The number of carboxylic acids is 1. The molecule has 2 atom stereocenters. The Morgan fingerprint density at radius 3 is 2.52 bits per heavy atom. The van der Waals surface area contributed by atoms with Crippen LogP contribution in [0.3, 0.4) is 0 Å². The molecule has 0 spiro atoms. The standard InChI is InChI=1S/C23H25FO6.Na/c1-13(2)19-11-20-23(30-12-29-20)22(14-3-5-15(24)6-4-14)18(19)8-7-16(25)9-17(26)10-21(27)28;/h3-8,11,13,16-17,25-26H,9-10,12H2,1-2H3,(H,27,28);/q;+1/p-1/b8-7+;. The largest absolute Gasteiger partial charge is 1.00 e. The maximum absolute atomic E-state index is 13.5. The number of carboxylic acid groups (broad SMARTS) is 1. The molecule has 0 fully saturated rings. The van der Waals surface area contributed by atoms with E-state index in [0.717, 1.165) is 16.7 Å². The topological polar surface area (TPSA) is 99.1 Å². The predicted molar refractivity (Wildman–Crippen MR) is 107 cm³/mol. The van der Waals surface area contributed by atoms with E-state index < -0.39 is 24.6 Å². The van der Waals surface area contributed by atoms with E-state index in [9.17, 15) is 24.5 Å². The number of aliphatic carboxylic acids is 1. The minimum atomic E-state index is -1.38. The second-order valence-corrected chi connectivity index (χ2v) is 7.54. The van der Waals surface area contributed by atoms with Crippen molar-refractivity contribution in [2.45, 2.75) is 44.8 Å². The molecule has 1 aliphatic rings. The summed E-state index contributed by atoms with van der Waals surface area (Å²) in [4.78, 5) is 10.6. The van der Waals surface area contributed by atoms with E-state index in [1.807, 2.05) is 19.9 Å². The van der Waals surface area contributed by atoms with Gasteiger partial charge in [-0.05, 0) is 40.8 Å². The van der Waals surface area contributed by atoms with Crippen LogP contribution in [0, 0.1) is 5.82 Å². The first-order valence-corrected chi connectivity index (χ1v) is 9.72. The summed E-state index contributed by atoms with van der Waals surface area (Å²) in [6.07, 6.45) is 0.241. The van der Waals surface area contributed by atoms with Gasteiger partial charge in [0.05, 0.1) is 12.2 Å². The molecule has 2 unspecified atom stereocenters. The van der Waals surface area contributed by atoms with E-state index in [1.165, 1.54) is 18.2 Å². The number of fused-ring (bicyclic) bond motifs is 1. The van der Waals surface area contributed by atoms with Crippen molar-refractivity contribution in [3.05, 3.63) is 53.4 Å². The van der Waals surface area contributed by atoms with Crippen LogP contribution < -0.4 is 44.1 Å². The number of carbonyl (C=O) groups is 1. The van der Waals surface area contributed by atoms with Crippen LogP contribution in [0.5, 0.6) is 11.5 Å². The number of ether oxygens (including phenoxy) is 2. The second-order valence-electron chi connectivity index (χ2n) is 7.54. The Hall–Kier alpha value is -1.90. The fraction of sp³-hybridized carbons (Fsp3) is 0.348. The van der Waals surface area contributed by atoms with Crippen molar-refractivity contribution in [3.8, 4) is 22.6 Å². The summed E-state index contributed by atoms with van der Waals surface area (Å²) in [6.45, 7) is 4.11. The maximum atomic E-state index is 13.5. The maximum Gasteiger partial charge on any atom is 1.00 e. The molecule has 8 heteroatoms. The number of carbonyl (C=O) groups excluding carboxylic acids is 1. The third kappa shape index (κ3) is 6.30. The molecule has 0 aromatic heterocycles. The van der Waals surface area contributed by atoms with Crippen LogP contribution in [0.15, 0.2) is 36.4 Å². The minimum absolute atomic E-state index is 0. The first-order chi connectivity index (χ1) is 14.3. The molecular weight excluding hydrogens is 414 g/mol. The van der Waals surface area contributed by atoms with Crippen molar-refractivity contribution in [2.24, 2.45) is 0 Å². The molecular formula is C23H24FNaO6. The number of rotatable bonds is 8. The Labute approximate surface area is 202 Å². The van der Waals surface area contributed by atoms with Crippen molar-refractivity contribution >= 4 is 12.0 Å². The Balaban J connectivity index is 0.00000341. The summed E-state index contributed by atoms with van der Waals surface area (Å²) in [6, 6.07) is 7.90. The summed E-state index contributed by atoms with van der Waals surface area (Å²) in [7, 11) is 0. The van der Waals surface area contributed by atoms with E-state index in [4.69, 9.17) is 9.47 Å². The summed E-state index contributed by atoms with van der Waals surface area (Å²) >= 11 is 0. The number of halogens is 1. The Kier molecular flexibility index (Phi) is 9.09. The van der Waals surface area contributed by atoms with Crippen LogP contribution in [-0.2, 0) is 4.79 Å². The summed E-state index contributed by atoms with van der Waals surface area (Å²) < 4.78 is 24.7. The molecule has 1 heterocycles. The molecule has 2 N–H and O–H groups in total. The third-order valence-corrected chi connectivity index (χ3v) is 4.89. The number of benzene rings is 2. The molecule has 2 aromatic carbocycles. The van der Waals surface area contributed by atoms with Crippen LogP contribution in [0.25, 0.3) is 17.2 Å². The molecule has 0 saturated heterocycles. The molecule has 160 valence electrons. The van der Waals surface area contributed by atoms with Crippen molar-refractivity contribution in [1.29, 1.82) is 0 Å². The van der Waals surface area contributed by atoms with E-state index in [0.29, 0.717) is 17.1 Å². The number of aliphatic hydroxyl groups is 2. The van der Waals surface area contributed by atoms with Crippen molar-refractivity contribution in [3.63, 3.8) is 0 Å². The summed E-state index contributed by atoms with van der Waals surface area (Å²) in [5.41, 5.74) is 3.16. The molecule has 31 heavy (non-hydrogen) atoms. The van der Waals surface area contributed by atoms with Crippen LogP contribution in [0.2, 0.25) is 0 Å². The van der Waals surface area contributed by atoms with Crippen LogP contribution in [0.4, 0.5) is 4.39 Å². The summed E-state index contributed by atoms with van der Waals surface area (Å²) in [5.74, 6) is -0.492. The van der Waals surface area contributed by atoms with Gasteiger partial charge in [0, 0.05) is 24.4 Å². The minimum Gasteiger partial charge on any atom is -0.550 e. The van der Waals surface area contributed by atoms with E-state index >= 15 is 0 Å². The molecule has 0 amide bonds. The molecule has 0 radical (unpaired) electrons. The smallest absolute Gasteiger partial charge is 0.550 e. The zero-order valence-corrected chi connectivity index (χ0v) is 19.8. The van der Waals surface area contributed by atoms with Crippen molar-refractivity contribution in [2.75, 3.05) is 6.79 Å². The Bertz CT molecular complexity index is 942. The Morgan fingerprint density at radius 2 is 1.90 bits per heavy atom. The van der Waals surface area contributed by atoms with Gasteiger partial charge in [-0.25, -0.2) is 4.39 Å². The summed E-state index contributed by atoms with van der Waals surface area (Å²) in [5, 5.41) is 30.6. The average Bonchev–Trinajstić information content (AvgIpc) is 3.13. The Morgan fingerprint density at radius 1 is 1.23 bits per heavy atom. The quantitative estimate of drug-likeness (QED) is 0.545. The molecule has 0 aliphatic carbocycles. The molecule has 3 rings (SSSR count). The van der Waals surface area contributed by atoms with Gasteiger partial charge < -0.3 is 29.6 Å². The van der Waals surface area contributed by atoms with Gasteiger partial charge in [0.15, 0.2) is 11.5 Å². The zero-order valence-electron chi connectivity index (χ0n) is 17.8. The van der Waals surface area contributed by atoms with Gasteiger partial charge in [-0.3, -0.25) is 0 Å². The molecule has 6 nitrogen and oxygen atoms in total. The monoisotopic (exact) mass is 438 g/mol. The van der Waals surface area contributed by atoms with Gasteiger partial charge in [-0.15, -0.1) is 0 Å². The third-order valence-electron chi connectivity index (χ3n) is 4.89. The fourth-order valence-electron chi connectivity index (χ4n) is 3.48. The number of aliphatic hydroxyl groups excluding tert-OH is 2. The van der Waals surface area contributed by atoms with Gasteiger partial charge in [0.1, 0.15) is 5.82 Å². The zero-order chi connectivity index (χ0) is 21.8. The average molecular weight is 438 g/mol. The molecule has 0 saturated carbocycles. The second kappa shape index (κ2) is 11.1. The predicted octanol–water partition coefficient (Wildman–Crippen LogP) is -0.386. The van der Waals surface area contributed by atoms with Gasteiger partial charge in [0.2, 0.25) is 6.79 Å². The SMILES string of the molecule is CC(C)c1cc2c(c(-c3ccc(F)cc3)c1/C=C/C(O)CC(O)CC(=O)[O-])OCO2.[Na+]. The van der Waals surface area contributed by atoms with Crippen molar-refractivity contribution in [1.82, 2.24) is 0 Å². The normalized spacial score (nSPS) is 14.5. The number of hydrogen-bond donors (Lipinski definition) is 2. The van der Waals surface area contributed by atoms with Gasteiger partial charge in [0.25, 0.3) is 0 Å². The van der Waals surface area contributed by atoms with Crippen LogP contribution in [-0.4, -0.2) is 35.2 Å². The molecule has 1 aliphatic heterocycles. The molecule has 0 bridgehead atoms. The van der Waals surface area contributed by atoms with Gasteiger partial charge >= 0.3 is 29.6 Å². The van der Waals surface area contributed by atoms with Crippen LogP contribution in [0.1, 0.15) is 43.7 Å². The first kappa shape index (κ1) is 25.4. The van der Waals surface area contributed by atoms with E-state index in [-0.39, 0.29) is 54.5 Å². The first-order valence-electron chi connectivity index (χ1n) is 9.72.